The number of rotatable bonds is 5. The molecule has 2 rings (SSSR count). The Morgan fingerprint density at radius 1 is 1.29 bits per heavy atom. The maximum absolute atomic E-state index is 12.7. The SMILES string of the molecule is COC(OC)C1CCNC1Cc1cccc(C(F)(F)F)c1. The van der Waals surface area contributed by atoms with Crippen LogP contribution in [0.1, 0.15) is 17.5 Å². The predicted octanol–water partition coefficient (Wildman–Crippen LogP) is 2.84. The summed E-state index contributed by atoms with van der Waals surface area (Å²) in [4.78, 5) is 0. The van der Waals surface area contributed by atoms with Gasteiger partial charge in [0.05, 0.1) is 5.56 Å². The van der Waals surface area contributed by atoms with Crippen LogP contribution in [-0.2, 0) is 22.1 Å². The van der Waals surface area contributed by atoms with Crippen molar-refractivity contribution in [3.8, 4) is 0 Å². The number of methoxy groups -OCH3 is 2. The second kappa shape index (κ2) is 6.77. The van der Waals surface area contributed by atoms with E-state index in [0.29, 0.717) is 12.0 Å². The Bertz CT molecular complexity index is 460. The standard InChI is InChI=1S/C15H20F3NO2/c1-20-14(21-2)12-6-7-19-13(12)9-10-4-3-5-11(8-10)15(16,17)18/h3-5,8,12-14,19H,6-7,9H2,1-2H3. The van der Waals surface area contributed by atoms with Crippen LogP contribution in [0.15, 0.2) is 24.3 Å². The van der Waals surface area contributed by atoms with Crippen molar-refractivity contribution in [2.24, 2.45) is 5.92 Å². The summed E-state index contributed by atoms with van der Waals surface area (Å²) in [5.41, 5.74) is 0.0600. The van der Waals surface area contributed by atoms with Crippen LogP contribution in [-0.4, -0.2) is 33.1 Å². The van der Waals surface area contributed by atoms with Crippen molar-refractivity contribution in [2.45, 2.75) is 31.3 Å². The van der Waals surface area contributed by atoms with Crippen LogP contribution in [0.3, 0.4) is 0 Å². The summed E-state index contributed by atoms with van der Waals surface area (Å²) in [7, 11) is 3.15. The zero-order chi connectivity index (χ0) is 15.5. The molecule has 3 nitrogen and oxygen atoms in total. The van der Waals surface area contributed by atoms with Crippen molar-refractivity contribution < 1.29 is 22.6 Å². The molecule has 1 aliphatic rings. The van der Waals surface area contributed by atoms with E-state index in [2.05, 4.69) is 5.32 Å². The largest absolute Gasteiger partial charge is 0.416 e. The molecule has 1 saturated heterocycles. The summed E-state index contributed by atoms with van der Waals surface area (Å²) in [6, 6.07) is 5.54. The molecule has 1 aromatic rings. The van der Waals surface area contributed by atoms with Gasteiger partial charge in [-0.1, -0.05) is 18.2 Å². The van der Waals surface area contributed by atoms with E-state index in [9.17, 15) is 13.2 Å². The van der Waals surface area contributed by atoms with Crippen molar-refractivity contribution in [3.63, 3.8) is 0 Å². The van der Waals surface area contributed by atoms with Crippen LogP contribution >= 0.6 is 0 Å². The van der Waals surface area contributed by atoms with Gasteiger partial charge in [0.1, 0.15) is 0 Å². The van der Waals surface area contributed by atoms with Gasteiger partial charge >= 0.3 is 6.18 Å². The minimum Gasteiger partial charge on any atom is -0.356 e. The summed E-state index contributed by atoms with van der Waals surface area (Å²) in [5.74, 6) is 0.134. The maximum Gasteiger partial charge on any atom is 0.416 e. The van der Waals surface area contributed by atoms with Gasteiger partial charge in [0.15, 0.2) is 6.29 Å². The molecule has 0 spiro atoms. The van der Waals surface area contributed by atoms with Crippen LogP contribution in [0.4, 0.5) is 13.2 Å². The number of benzene rings is 1. The Kier molecular flexibility index (Phi) is 5.24. The van der Waals surface area contributed by atoms with Gasteiger partial charge in [0, 0.05) is 26.2 Å². The molecule has 0 aliphatic carbocycles. The Balaban J connectivity index is 2.10. The zero-order valence-electron chi connectivity index (χ0n) is 12.1. The van der Waals surface area contributed by atoms with Crippen molar-refractivity contribution in [1.29, 1.82) is 0 Å². The second-order valence-corrected chi connectivity index (χ2v) is 5.26. The molecule has 6 heteroatoms. The zero-order valence-corrected chi connectivity index (χ0v) is 12.1. The van der Waals surface area contributed by atoms with Crippen molar-refractivity contribution >= 4 is 0 Å². The van der Waals surface area contributed by atoms with E-state index in [1.54, 1.807) is 20.3 Å². The van der Waals surface area contributed by atoms with Gasteiger partial charge in [-0.25, -0.2) is 0 Å². The first-order valence-corrected chi connectivity index (χ1v) is 6.91. The normalized spacial score (nSPS) is 23.0. The molecule has 0 radical (unpaired) electrons. The van der Waals surface area contributed by atoms with Gasteiger partial charge in [-0.05, 0) is 31.0 Å². The summed E-state index contributed by atoms with van der Waals surface area (Å²) in [5, 5.41) is 3.32. The monoisotopic (exact) mass is 303 g/mol. The number of nitrogens with one attached hydrogen (secondary N) is 1. The quantitative estimate of drug-likeness (QED) is 0.849. The third-order valence-electron chi connectivity index (χ3n) is 3.93. The van der Waals surface area contributed by atoms with Crippen LogP contribution < -0.4 is 5.32 Å². The van der Waals surface area contributed by atoms with Crippen molar-refractivity contribution in [1.82, 2.24) is 5.32 Å². The second-order valence-electron chi connectivity index (χ2n) is 5.26. The molecular formula is C15H20F3NO2. The van der Waals surface area contributed by atoms with Crippen LogP contribution in [0.2, 0.25) is 0 Å². The van der Waals surface area contributed by atoms with E-state index in [-0.39, 0.29) is 18.2 Å². The summed E-state index contributed by atoms with van der Waals surface area (Å²) < 4.78 is 48.8. The summed E-state index contributed by atoms with van der Waals surface area (Å²) in [6.07, 6.45) is -3.23. The number of hydrogen-bond acceptors (Lipinski definition) is 3. The highest BCUT2D eigenvalue weighted by atomic mass is 19.4. The Morgan fingerprint density at radius 2 is 2.00 bits per heavy atom. The van der Waals surface area contributed by atoms with Gasteiger partial charge in [0.25, 0.3) is 0 Å². The van der Waals surface area contributed by atoms with Gasteiger partial charge < -0.3 is 14.8 Å². The average Bonchev–Trinajstić information content (AvgIpc) is 2.88. The lowest BCUT2D eigenvalue weighted by atomic mass is 9.93. The molecule has 1 aromatic carbocycles. The Labute approximate surface area is 122 Å². The van der Waals surface area contributed by atoms with E-state index in [1.165, 1.54) is 12.1 Å². The highest BCUT2D eigenvalue weighted by Crippen LogP contribution is 2.31. The molecule has 21 heavy (non-hydrogen) atoms. The average molecular weight is 303 g/mol. The molecule has 2 atom stereocenters. The third-order valence-corrected chi connectivity index (χ3v) is 3.93. The highest BCUT2D eigenvalue weighted by molar-refractivity contribution is 5.26. The minimum atomic E-state index is -4.31. The molecule has 0 bridgehead atoms. The first kappa shape index (κ1) is 16.3. The van der Waals surface area contributed by atoms with Crippen molar-refractivity contribution in [2.75, 3.05) is 20.8 Å². The molecule has 1 aliphatic heterocycles. The number of hydrogen-bond donors (Lipinski definition) is 1. The predicted molar refractivity (Wildman–Crippen MR) is 72.9 cm³/mol. The van der Waals surface area contributed by atoms with E-state index < -0.39 is 11.7 Å². The Morgan fingerprint density at radius 3 is 2.62 bits per heavy atom. The summed E-state index contributed by atoms with van der Waals surface area (Å²) >= 11 is 0. The molecule has 1 N–H and O–H groups in total. The summed E-state index contributed by atoms with van der Waals surface area (Å²) in [6.45, 7) is 0.817. The minimum absolute atomic E-state index is 0.0541. The molecule has 0 saturated carbocycles. The van der Waals surface area contributed by atoms with Gasteiger partial charge in [-0.3, -0.25) is 0 Å². The van der Waals surface area contributed by atoms with Crippen LogP contribution in [0.25, 0.3) is 0 Å². The van der Waals surface area contributed by atoms with Crippen molar-refractivity contribution in [3.05, 3.63) is 35.4 Å². The maximum atomic E-state index is 12.7. The molecule has 0 amide bonds. The lowest BCUT2D eigenvalue weighted by Crippen LogP contribution is -2.37. The van der Waals surface area contributed by atoms with Gasteiger partial charge in [-0.2, -0.15) is 13.2 Å². The molecule has 1 fully saturated rings. The fourth-order valence-electron chi connectivity index (χ4n) is 2.91. The van der Waals surface area contributed by atoms with Gasteiger partial charge in [0.2, 0.25) is 0 Å². The smallest absolute Gasteiger partial charge is 0.356 e. The lowest BCUT2D eigenvalue weighted by molar-refractivity contribution is -0.139. The molecule has 1 heterocycles. The molecular weight excluding hydrogens is 283 g/mol. The number of halogens is 3. The molecule has 2 unspecified atom stereocenters. The van der Waals surface area contributed by atoms with Crippen LogP contribution in [0, 0.1) is 5.92 Å². The molecule has 0 aromatic heterocycles. The van der Waals surface area contributed by atoms with E-state index in [1.807, 2.05) is 0 Å². The first-order chi connectivity index (χ1) is 9.95. The lowest BCUT2D eigenvalue weighted by Gasteiger charge is -2.26. The first-order valence-electron chi connectivity index (χ1n) is 6.91. The van der Waals surface area contributed by atoms with E-state index in [0.717, 1.165) is 19.0 Å². The highest BCUT2D eigenvalue weighted by Gasteiger charge is 2.35. The van der Waals surface area contributed by atoms with Crippen LogP contribution in [0.5, 0.6) is 0 Å². The Hall–Kier alpha value is -1.11. The number of ether oxygens (including phenoxy) is 2. The molecule has 118 valence electrons. The fourth-order valence-corrected chi connectivity index (χ4v) is 2.91. The van der Waals surface area contributed by atoms with E-state index in [4.69, 9.17) is 9.47 Å². The van der Waals surface area contributed by atoms with E-state index >= 15 is 0 Å². The number of alkyl halides is 3. The fraction of sp³-hybridized carbons (Fsp3) is 0.600. The topological polar surface area (TPSA) is 30.5 Å². The van der Waals surface area contributed by atoms with Gasteiger partial charge in [-0.15, -0.1) is 0 Å². The third kappa shape index (κ3) is 3.96.